The maximum absolute atomic E-state index is 6.07. The minimum atomic E-state index is 0.585. The average Bonchev–Trinajstić information content (AvgIpc) is 2.85. The molecule has 1 aromatic carbocycles. The molecule has 0 radical (unpaired) electrons. The van der Waals surface area contributed by atoms with Crippen LogP contribution in [0.4, 0.5) is 5.69 Å². The quantitative estimate of drug-likeness (QED) is 0.526. The number of nitrogens with one attached hydrogen (secondary N) is 1. The van der Waals surface area contributed by atoms with Gasteiger partial charge in [-0.3, -0.25) is 0 Å². The third kappa shape index (κ3) is 3.37. The van der Waals surface area contributed by atoms with E-state index in [0.717, 1.165) is 22.6 Å². The average molecular weight is 309 g/mol. The lowest BCUT2D eigenvalue weighted by Gasteiger charge is -2.08. The van der Waals surface area contributed by atoms with Crippen LogP contribution in [0.25, 0.3) is 0 Å². The highest BCUT2D eigenvalue weighted by Gasteiger charge is 2.08. The number of nitrogens with zero attached hydrogens (tertiary/aromatic N) is 1. The molecule has 0 bridgehead atoms. The lowest BCUT2D eigenvalue weighted by atomic mass is 10.2. The highest BCUT2D eigenvalue weighted by Crippen LogP contribution is 2.20. The van der Waals surface area contributed by atoms with E-state index in [1.54, 1.807) is 18.5 Å². The zero-order valence-electron chi connectivity index (χ0n) is 11.0. The second-order valence-corrected chi connectivity index (χ2v) is 4.81. The minimum absolute atomic E-state index is 0.585. The van der Waals surface area contributed by atoms with Crippen molar-refractivity contribution in [2.75, 3.05) is 12.4 Å². The lowest BCUT2D eigenvalue weighted by molar-refractivity contribution is 0.215. The zero-order valence-corrected chi connectivity index (χ0v) is 12.6. The fourth-order valence-electron chi connectivity index (χ4n) is 1.65. The molecule has 104 valence electrons. The minimum Gasteiger partial charge on any atom is -0.469 e. The van der Waals surface area contributed by atoms with Crippen molar-refractivity contribution in [1.82, 2.24) is 0 Å². The van der Waals surface area contributed by atoms with Crippen molar-refractivity contribution in [1.29, 1.82) is 0 Å². The molecule has 4 nitrogen and oxygen atoms in total. The van der Waals surface area contributed by atoms with Gasteiger partial charge in [0.15, 0.2) is 0 Å². The molecule has 2 rings (SSSR count). The van der Waals surface area contributed by atoms with E-state index in [9.17, 15) is 0 Å². The number of hydrogen-bond acceptors (Lipinski definition) is 4. The summed E-state index contributed by atoms with van der Waals surface area (Å²) in [5.74, 6) is 0.776. The van der Waals surface area contributed by atoms with Crippen LogP contribution in [0, 0.1) is 6.92 Å². The van der Waals surface area contributed by atoms with Gasteiger partial charge in [0.05, 0.1) is 18.0 Å². The number of rotatable bonds is 4. The molecule has 1 heterocycles. The first-order chi connectivity index (χ1) is 9.61. The van der Waals surface area contributed by atoms with Gasteiger partial charge in [-0.05, 0) is 31.2 Å². The second-order valence-electron chi connectivity index (χ2n) is 4.00. The smallest absolute Gasteiger partial charge is 0.114 e. The summed E-state index contributed by atoms with van der Waals surface area (Å²) in [6, 6.07) is 7.28. The molecule has 0 unspecified atom stereocenters. The number of hydrogen-bond donors (Lipinski definition) is 1. The number of benzene rings is 1. The van der Waals surface area contributed by atoms with Crippen molar-refractivity contribution >= 4 is 40.7 Å². The number of furan rings is 1. The van der Waals surface area contributed by atoms with Crippen molar-refractivity contribution in [2.45, 2.75) is 6.92 Å². The van der Waals surface area contributed by atoms with Crippen molar-refractivity contribution in [3.63, 3.8) is 0 Å². The molecule has 0 atom stereocenters. The number of anilines is 1. The Kier molecular flexibility index (Phi) is 4.76. The standard InChI is InChI=1S/C14H13ClN2O2S/c1-9-12(5-6-19-9)14(20)17-11-3-4-13(15)10(7-11)8-16-18-2/h3-8H,1-2H3,(H,17,20)/b16-8+. The highest BCUT2D eigenvalue weighted by atomic mass is 35.5. The summed E-state index contributed by atoms with van der Waals surface area (Å²) < 4.78 is 5.23. The van der Waals surface area contributed by atoms with Gasteiger partial charge in [0.1, 0.15) is 17.9 Å². The summed E-state index contributed by atoms with van der Waals surface area (Å²) in [5, 5.41) is 7.43. The van der Waals surface area contributed by atoms with Crippen molar-refractivity contribution in [3.05, 3.63) is 52.4 Å². The third-order valence-corrected chi connectivity index (χ3v) is 3.32. The summed E-state index contributed by atoms with van der Waals surface area (Å²) in [5.41, 5.74) is 2.42. The number of halogens is 1. The Balaban J connectivity index is 2.20. The molecular formula is C14H13ClN2O2S. The van der Waals surface area contributed by atoms with Gasteiger partial charge < -0.3 is 14.6 Å². The fourth-order valence-corrected chi connectivity index (χ4v) is 2.14. The lowest BCUT2D eigenvalue weighted by Crippen LogP contribution is -2.10. The van der Waals surface area contributed by atoms with Gasteiger partial charge in [0.25, 0.3) is 0 Å². The second kappa shape index (κ2) is 6.54. The van der Waals surface area contributed by atoms with E-state index in [0.29, 0.717) is 10.0 Å². The third-order valence-electron chi connectivity index (χ3n) is 2.65. The van der Waals surface area contributed by atoms with E-state index in [1.165, 1.54) is 7.11 Å². The Morgan fingerprint density at radius 2 is 2.25 bits per heavy atom. The van der Waals surface area contributed by atoms with E-state index in [1.807, 2.05) is 25.1 Å². The Labute approximate surface area is 127 Å². The highest BCUT2D eigenvalue weighted by molar-refractivity contribution is 7.81. The van der Waals surface area contributed by atoms with Crippen LogP contribution < -0.4 is 5.32 Å². The first kappa shape index (κ1) is 14.6. The maximum Gasteiger partial charge on any atom is 0.114 e. The van der Waals surface area contributed by atoms with Crippen LogP contribution in [0.3, 0.4) is 0 Å². The van der Waals surface area contributed by atoms with E-state index < -0.39 is 0 Å². The van der Waals surface area contributed by atoms with E-state index >= 15 is 0 Å². The normalized spacial score (nSPS) is 10.8. The Bertz CT molecular complexity index is 652. The number of thiocarbonyl (C=S) groups is 1. The summed E-state index contributed by atoms with van der Waals surface area (Å²) in [7, 11) is 1.48. The van der Waals surface area contributed by atoms with Gasteiger partial charge in [0.2, 0.25) is 0 Å². The predicted molar refractivity (Wildman–Crippen MR) is 84.8 cm³/mol. The SMILES string of the molecule is CO/N=C/c1cc(NC(=S)c2ccoc2C)ccc1Cl. The Hall–Kier alpha value is -1.85. The first-order valence-electron chi connectivity index (χ1n) is 5.83. The molecule has 0 aliphatic rings. The largest absolute Gasteiger partial charge is 0.469 e. The topological polar surface area (TPSA) is 46.8 Å². The molecule has 0 aliphatic heterocycles. The molecule has 0 saturated carbocycles. The molecule has 0 saturated heterocycles. The van der Waals surface area contributed by atoms with Crippen LogP contribution in [0.1, 0.15) is 16.9 Å². The van der Waals surface area contributed by atoms with Crippen LogP contribution in [-0.4, -0.2) is 18.3 Å². The van der Waals surface area contributed by atoms with Crippen LogP contribution in [0.15, 0.2) is 40.1 Å². The summed E-state index contributed by atoms with van der Waals surface area (Å²) in [4.78, 5) is 5.24. The molecule has 2 aromatic rings. The number of oxime groups is 1. The molecular weight excluding hydrogens is 296 g/mol. The zero-order chi connectivity index (χ0) is 14.5. The molecule has 1 aromatic heterocycles. The maximum atomic E-state index is 6.07. The van der Waals surface area contributed by atoms with E-state index in [-0.39, 0.29) is 0 Å². The van der Waals surface area contributed by atoms with Crippen molar-refractivity contribution in [3.8, 4) is 0 Å². The van der Waals surface area contributed by atoms with Gasteiger partial charge in [-0.15, -0.1) is 0 Å². The van der Waals surface area contributed by atoms with Crippen molar-refractivity contribution in [2.24, 2.45) is 5.16 Å². The molecule has 0 aliphatic carbocycles. The number of aryl methyl sites for hydroxylation is 1. The van der Waals surface area contributed by atoms with Crippen LogP contribution in [-0.2, 0) is 4.84 Å². The molecule has 1 N–H and O–H groups in total. The fraction of sp³-hybridized carbons (Fsp3) is 0.143. The van der Waals surface area contributed by atoms with Gasteiger partial charge in [-0.25, -0.2) is 0 Å². The molecule has 0 spiro atoms. The van der Waals surface area contributed by atoms with Gasteiger partial charge in [-0.1, -0.05) is 29.0 Å². The molecule has 0 amide bonds. The van der Waals surface area contributed by atoms with Crippen LogP contribution >= 0.6 is 23.8 Å². The van der Waals surface area contributed by atoms with Crippen LogP contribution in [0.2, 0.25) is 5.02 Å². The van der Waals surface area contributed by atoms with E-state index in [4.69, 9.17) is 28.2 Å². The van der Waals surface area contributed by atoms with Gasteiger partial charge >= 0.3 is 0 Å². The first-order valence-corrected chi connectivity index (χ1v) is 6.62. The predicted octanol–water partition coefficient (Wildman–Crippen LogP) is 4.01. The molecule has 20 heavy (non-hydrogen) atoms. The Morgan fingerprint density at radius 3 is 2.90 bits per heavy atom. The summed E-state index contributed by atoms with van der Waals surface area (Å²) in [6.07, 6.45) is 3.15. The molecule has 0 fully saturated rings. The van der Waals surface area contributed by atoms with Gasteiger partial charge in [-0.2, -0.15) is 0 Å². The molecule has 6 heteroatoms. The van der Waals surface area contributed by atoms with E-state index in [2.05, 4.69) is 15.3 Å². The monoisotopic (exact) mass is 308 g/mol. The van der Waals surface area contributed by atoms with Crippen LogP contribution in [0.5, 0.6) is 0 Å². The summed E-state index contributed by atoms with van der Waals surface area (Å²) >= 11 is 11.4. The summed E-state index contributed by atoms with van der Waals surface area (Å²) in [6.45, 7) is 1.86. The van der Waals surface area contributed by atoms with Gasteiger partial charge in [0, 0.05) is 16.3 Å². The Morgan fingerprint density at radius 1 is 1.45 bits per heavy atom. The van der Waals surface area contributed by atoms with Crippen molar-refractivity contribution < 1.29 is 9.25 Å².